The van der Waals surface area contributed by atoms with Crippen LogP contribution in [0.15, 0.2) is 28.0 Å². The zero-order valence-corrected chi connectivity index (χ0v) is 17.1. The predicted octanol–water partition coefficient (Wildman–Crippen LogP) is 2.33. The molecule has 0 spiro atoms. The summed E-state index contributed by atoms with van der Waals surface area (Å²) in [6.45, 7) is 4.49. The molecule has 0 radical (unpaired) electrons. The van der Waals surface area contributed by atoms with Crippen LogP contribution < -0.4 is 5.32 Å². The maximum Gasteiger partial charge on any atom is 0.309 e. The maximum absolute atomic E-state index is 13.0. The number of amides is 1. The highest BCUT2D eigenvalue weighted by Gasteiger charge is 2.33. The predicted molar refractivity (Wildman–Crippen MR) is 103 cm³/mol. The van der Waals surface area contributed by atoms with Crippen molar-refractivity contribution in [1.29, 1.82) is 0 Å². The largest absolute Gasteiger partial charge is 0.466 e. The van der Waals surface area contributed by atoms with Gasteiger partial charge in [-0.05, 0) is 38.0 Å². The van der Waals surface area contributed by atoms with Gasteiger partial charge in [-0.25, -0.2) is 8.42 Å². The lowest BCUT2D eigenvalue weighted by Crippen LogP contribution is -2.40. The van der Waals surface area contributed by atoms with E-state index in [0.29, 0.717) is 30.9 Å². The number of benzene rings is 1. The van der Waals surface area contributed by atoms with Gasteiger partial charge in [0.25, 0.3) is 0 Å². The van der Waals surface area contributed by atoms with Gasteiger partial charge in [0, 0.05) is 29.7 Å². The molecule has 9 heteroatoms. The van der Waals surface area contributed by atoms with Gasteiger partial charge >= 0.3 is 5.97 Å². The van der Waals surface area contributed by atoms with Crippen LogP contribution >= 0.6 is 11.8 Å². The van der Waals surface area contributed by atoms with E-state index in [1.807, 2.05) is 6.92 Å². The Balaban J connectivity index is 1.76. The number of hydrogen-bond acceptors (Lipinski definition) is 6. The molecule has 1 N–H and O–H groups in total. The van der Waals surface area contributed by atoms with Crippen molar-refractivity contribution >= 4 is 39.3 Å². The molecule has 1 aromatic rings. The Hall–Kier alpha value is -1.58. The second-order valence-electron chi connectivity index (χ2n) is 6.79. The highest BCUT2D eigenvalue weighted by atomic mass is 32.2. The molecule has 1 aromatic carbocycles. The summed E-state index contributed by atoms with van der Waals surface area (Å²) < 4.78 is 32.4. The quantitative estimate of drug-likeness (QED) is 0.763. The molecule has 7 nitrogen and oxygen atoms in total. The molecule has 3 rings (SSSR count). The summed E-state index contributed by atoms with van der Waals surface area (Å²) in [7, 11) is -3.68. The number of hydrogen-bond donors (Lipinski definition) is 1. The Bertz CT molecular complexity index is 832. The van der Waals surface area contributed by atoms with Crippen LogP contribution in [0, 0.1) is 11.8 Å². The zero-order chi connectivity index (χ0) is 19.6. The Morgan fingerprint density at radius 1 is 1.33 bits per heavy atom. The molecule has 2 aliphatic rings. The summed E-state index contributed by atoms with van der Waals surface area (Å²) in [5.41, 5.74) is 0.539. The van der Waals surface area contributed by atoms with Gasteiger partial charge in [-0.1, -0.05) is 6.92 Å². The number of nitrogens with zero attached hydrogens (tertiary/aromatic N) is 1. The third-order valence-electron chi connectivity index (χ3n) is 4.86. The lowest BCUT2D eigenvalue weighted by Gasteiger charge is -2.30. The van der Waals surface area contributed by atoms with Crippen LogP contribution in [-0.4, -0.2) is 50.0 Å². The SMILES string of the molecule is CCOC(=O)C1CCN(S(=O)(=O)c2ccc3c(c2)NC(=O)[C@H](C)CS3)CC1. The van der Waals surface area contributed by atoms with Gasteiger partial charge in [0.1, 0.15) is 0 Å². The molecule has 148 valence electrons. The topological polar surface area (TPSA) is 92.8 Å². The highest BCUT2D eigenvalue weighted by molar-refractivity contribution is 7.99. The van der Waals surface area contributed by atoms with Gasteiger partial charge in [-0.15, -0.1) is 11.8 Å². The van der Waals surface area contributed by atoms with Crippen molar-refractivity contribution in [2.24, 2.45) is 11.8 Å². The standard InChI is InChI=1S/C18H24N2O5S2/c1-3-25-18(22)13-6-8-20(9-7-13)27(23,24)14-4-5-16-15(10-14)19-17(21)12(2)11-26-16/h4-5,10,12-13H,3,6-9,11H2,1-2H3,(H,19,21)/t12-/m1/s1. The number of nitrogens with one attached hydrogen (secondary N) is 1. The van der Waals surface area contributed by atoms with Gasteiger partial charge in [0.05, 0.1) is 23.1 Å². The summed E-state index contributed by atoms with van der Waals surface area (Å²) in [6, 6.07) is 4.86. The van der Waals surface area contributed by atoms with Gasteiger partial charge in [-0.2, -0.15) is 4.31 Å². The summed E-state index contributed by atoms with van der Waals surface area (Å²) in [6.07, 6.45) is 0.903. The first-order valence-corrected chi connectivity index (χ1v) is 11.5. The van der Waals surface area contributed by atoms with Crippen LogP contribution in [0.4, 0.5) is 5.69 Å². The molecule has 27 heavy (non-hydrogen) atoms. The minimum Gasteiger partial charge on any atom is -0.466 e. The van der Waals surface area contributed by atoms with Crippen molar-refractivity contribution in [3.63, 3.8) is 0 Å². The molecule has 1 saturated heterocycles. The van der Waals surface area contributed by atoms with Crippen LogP contribution in [-0.2, 0) is 24.3 Å². The number of piperidine rings is 1. The lowest BCUT2D eigenvalue weighted by atomic mass is 9.98. The maximum atomic E-state index is 13.0. The fourth-order valence-electron chi connectivity index (χ4n) is 3.18. The van der Waals surface area contributed by atoms with Crippen LogP contribution in [0.25, 0.3) is 0 Å². The molecule has 0 saturated carbocycles. The fourth-order valence-corrected chi connectivity index (χ4v) is 5.69. The number of ether oxygens (including phenoxy) is 1. The molecule has 0 bridgehead atoms. The molecule has 0 aromatic heterocycles. The molecule has 0 aliphatic carbocycles. The third kappa shape index (κ3) is 4.30. The van der Waals surface area contributed by atoms with E-state index < -0.39 is 10.0 Å². The van der Waals surface area contributed by atoms with Crippen molar-refractivity contribution in [1.82, 2.24) is 4.31 Å². The van der Waals surface area contributed by atoms with Crippen LogP contribution in [0.3, 0.4) is 0 Å². The number of esters is 1. The van der Waals surface area contributed by atoms with Crippen LogP contribution in [0.5, 0.6) is 0 Å². The van der Waals surface area contributed by atoms with E-state index in [1.165, 1.54) is 10.4 Å². The second-order valence-corrected chi connectivity index (χ2v) is 9.79. The number of rotatable bonds is 4. The average Bonchev–Trinajstić information content (AvgIpc) is 2.80. The smallest absolute Gasteiger partial charge is 0.309 e. The van der Waals surface area contributed by atoms with E-state index in [4.69, 9.17) is 4.74 Å². The van der Waals surface area contributed by atoms with E-state index >= 15 is 0 Å². The van der Waals surface area contributed by atoms with Crippen molar-refractivity contribution in [2.45, 2.75) is 36.5 Å². The summed E-state index contributed by atoms with van der Waals surface area (Å²) in [5.74, 6) is -0.0868. The Morgan fingerprint density at radius 3 is 2.70 bits per heavy atom. The van der Waals surface area contributed by atoms with E-state index in [1.54, 1.807) is 30.8 Å². The van der Waals surface area contributed by atoms with E-state index in [9.17, 15) is 18.0 Å². The molecule has 1 atom stereocenters. The second kappa shape index (κ2) is 8.20. The van der Waals surface area contributed by atoms with Gasteiger partial charge in [0.15, 0.2) is 0 Å². The number of carbonyl (C=O) groups is 2. The van der Waals surface area contributed by atoms with Crippen molar-refractivity contribution < 1.29 is 22.7 Å². The first-order valence-electron chi connectivity index (χ1n) is 9.07. The number of fused-ring (bicyclic) bond motifs is 1. The Kier molecular flexibility index (Phi) is 6.12. The molecule has 2 heterocycles. The fraction of sp³-hybridized carbons (Fsp3) is 0.556. The summed E-state index contributed by atoms with van der Waals surface area (Å²) >= 11 is 1.54. The Morgan fingerprint density at radius 2 is 2.04 bits per heavy atom. The molecule has 1 amide bonds. The summed E-state index contributed by atoms with van der Waals surface area (Å²) in [5, 5.41) is 2.82. The minimum atomic E-state index is -3.68. The zero-order valence-electron chi connectivity index (χ0n) is 15.4. The minimum absolute atomic E-state index is 0.106. The highest BCUT2D eigenvalue weighted by Crippen LogP contribution is 2.35. The molecule has 1 fully saturated rings. The molecule has 2 aliphatic heterocycles. The first-order chi connectivity index (χ1) is 12.8. The number of sulfonamides is 1. The van der Waals surface area contributed by atoms with Crippen LogP contribution in [0.1, 0.15) is 26.7 Å². The monoisotopic (exact) mass is 412 g/mol. The average molecular weight is 413 g/mol. The van der Waals surface area contributed by atoms with Gasteiger partial charge in [-0.3, -0.25) is 9.59 Å². The van der Waals surface area contributed by atoms with E-state index in [0.717, 1.165) is 4.90 Å². The first kappa shape index (κ1) is 20.2. The number of thioether (sulfide) groups is 1. The number of anilines is 1. The molecular weight excluding hydrogens is 388 g/mol. The van der Waals surface area contributed by atoms with Crippen LogP contribution in [0.2, 0.25) is 0 Å². The Labute approximate surface area is 163 Å². The lowest BCUT2D eigenvalue weighted by molar-refractivity contribution is -0.149. The van der Waals surface area contributed by atoms with Gasteiger partial charge in [0.2, 0.25) is 15.9 Å². The van der Waals surface area contributed by atoms with E-state index in [2.05, 4.69) is 5.32 Å². The molecular formula is C18H24N2O5S2. The van der Waals surface area contributed by atoms with Crippen molar-refractivity contribution in [2.75, 3.05) is 30.8 Å². The normalized spacial score (nSPS) is 21.9. The third-order valence-corrected chi connectivity index (χ3v) is 8.09. The molecule has 0 unspecified atom stereocenters. The van der Waals surface area contributed by atoms with E-state index in [-0.39, 0.29) is 41.7 Å². The summed E-state index contributed by atoms with van der Waals surface area (Å²) in [4.78, 5) is 24.9. The van der Waals surface area contributed by atoms with Crippen molar-refractivity contribution in [3.8, 4) is 0 Å². The van der Waals surface area contributed by atoms with Gasteiger partial charge < -0.3 is 10.1 Å². The number of carbonyl (C=O) groups excluding carboxylic acids is 2. The van der Waals surface area contributed by atoms with Crippen molar-refractivity contribution in [3.05, 3.63) is 18.2 Å².